The lowest BCUT2D eigenvalue weighted by Crippen LogP contribution is -2.14. The number of aryl methyl sites for hydroxylation is 1. The molecule has 3 N–H and O–H groups in total. The van der Waals surface area contributed by atoms with Gasteiger partial charge < -0.3 is 11.1 Å². The average Bonchev–Trinajstić information content (AvgIpc) is 2.35. The highest BCUT2D eigenvalue weighted by Gasteiger charge is 2.14. The molecule has 0 aliphatic rings. The Labute approximate surface area is 113 Å². The van der Waals surface area contributed by atoms with E-state index in [9.17, 15) is 18.0 Å². The molecule has 2 rings (SSSR count). The molecule has 0 spiro atoms. The highest BCUT2D eigenvalue weighted by molar-refractivity contribution is 6.05. The van der Waals surface area contributed by atoms with Crippen molar-refractivity contribution in [1.29, 1.82) is 0 Å². The molecule has 0 aliphatic carbocycles. The van der Waals surface area contributed by atoms with Crippen LogP contribution in [0.3, 0.4) is 0 Å². The molecule has 20 heavy (non-hydrogen) atoms. The molecular weight excluding hydrogens is 269 g/mol. The minimum absolute atomic E-state index is 0.164. The zero-order chi connectivity index (χ0) is 14.9. The molecule has 0 saturated heterocycles. The molecule has 0 fully saturated rings. The standard InChI is InChI=1S/C14H11F3N2O/c1-7-4-8(18)2-3-10(7)14(20)19-9-5-11(15)13(17)12(16)6-9/h2-6H,18H2,1H3,(H,19,20). The molecule has 3 nitrogen and oxygen atoms in total. The lowest BCUT2D eigenvalue weighted by atomic mass is 10.1. The molecular formula is C14H11F3N2O. The summed E-state index contributed by atoms with van der Waals surface area (Å²) >= 11 is 0. The molecule has 6 heteroatoms. The van der Waals surface area contributed by atoms with Crippen LogP contribution in [0.1, 0.15) is 15.9 Å². The fourth-order valence-corrected chi connectivity index (χ4v) is 1.77. The summed E-state index contributed by atoms with van der Waals surface area (Å²) in [4.78, 5) is 12.0. The zero-order valence-corrected chi connectivity index (χ0v) is 10.5. The van der Waals surface area contributed by atoms with Crippen LogP contribution in [-0.2, 0) is 0 Å². The second-order valence-electron chi connectivity index (χ2n) is 4.28. The minimum Gasteiger partial charge on any atom is -0.399 e. The summed E-state index contributed by atoms with van der Waals surface area (Å²) in [6, 6.07) is 6.05. The Balaban J connectivity index is 2.28. The van der Waals surface area contributed by atoms with Crippen LogP contribution in [0.25, 0.3) is 0 Å². The highest BCUT2D eigenvalue weighted by atomic mass is 19.2. The Morgan fingerprint density at radius 3 is 2.25 bits per heavy atom. The third-order valence-electron chi connectivity index (χ3n) is 2.74. The van der Waals surface area contributed by atoms with Gasteiger partial charge in [-0.15, -0.1) is 0 Å². The first-order valence-electron chi connectivity index (χ1n) is 5.70. The molecule has 0 atom stereocenters. The number of nitrogens with two attached hydrogens (primary N) is 1. The van der Waals surface area contributed by atoms with E-state index in [0.717, 1.165) is 0 Å². The van der Waals surface area contributed by atoms with E-state index >= 15 is 0 Å². The number of carbonyl (C=O) groups excluding carboxylic acids is 1. The maximum absolute atomic E-state index is 13.0. The third-order valence-corrected chi connectivity index (χ3v) is 2.74. The van der Waals surface area contributed by atoms with Gasteiger partial charge in [0, 0.05) is 29.1 Å². The number of hydrogen-bond acceptors (Lipinski definition) is 2. The number of halogens is 3. The number of benzene rings is 2. The van der Waals surface area contributed by atoms with Crippen molar-refractivity contribution in [2.24, 2.45) is 0 Å². The molecule has 104 valence electrons. The lowest BCUT2D eigenvalue weighted by Gasteiger charge is -2.09. The number of nitrogens with one attached hydrogen (secondary N) is 1. The molecule has 0 saturated carbocycles. The van der Waals surface area contributed by atoms with E-state index in [4.69, 9.17) is 5.73 Å². The molecule has 0 unspecified atom stereocenters. The average molecular weight is 280 g/mol. The van der Waals surface area contributed by atoms with Gasteiger partial charge in [0.1, 0.15) is 0 Å². The Morgan fingerprint density at radius 2 is 1.70 bits per heavy atom. The summed E-state index contributed by atoms with van der Waals surface area (Å²) in [5.74, 6) is -4.87. The summed E-state index contributed by atoms with van der Waals surface area (Å²) in [6.45, 7) is 1.68. The Hall–Kier alpha value is -2.50. The van der Waals surface area contributed by atoms with Crippen LogP contribution < -0.4 is 11.1 Å². The quantitative estimate of drug-likeness (QED) is 0.655. The second kappa shape index (κ2) is 5.24. The number of hydrogen-bond donors (Lipinski definition) is 2. The molecule has 0 aromatic heterocycles. The largest absolute Gasteiger partial charge is 0.399 e. The van der Waals surface area contributed by atoms with Crippen LogP contribution in [-0.4, -0.2) is 5.91 Å². The molecule has 2 aromatic carbocycles. The van der Waals surface area contributed by atoms with Gasteiger partial charge in [0.25, 0.3) is 5.91 Å². The van der Waals surface area contributed by atoms with Crippen molar-refractivity contribution in [1.82, 2.24) is 0 Å². The van der Waals surface area contributed by atoms with E-state index < -0.39 is 23.4 Å². The lowest BCUT2D eigenvalue weighted by molar-refractivity contribution is 0.102. The molecule has 0 heterocycles. The van der Waals surface area contributed by atoms with Gasteiger partial charge in [-0.1, -0.05) is 0 Å². The normalized spacial score (nSPS) is 10.4. The van der Waals surface area contributed by atoms with Gasteiger partial charge in [0.05, 0.1) is 0 Å². The highest BCUT2D eigenvalue weighted by Crippen LogP contribution is 2.19. The van der Waals surface area contributed by atoms with Crippen molar-refractivity contribution in [2.45, 2.75) is 6.92 Å². The summed E-state index contributed by atoms with van der Waals surface area (Å²) in [7, 11) is 0. The molecule has 0 radical (unpaired) electrons. The number of carbonyl (C=O) groups is 1. The fraction of sp³-hybridized carbons (Fsp3) is 0.0714. The topological polar surface area (TPSA) is 55.1 Å². The minimum atomic E-state index is -1.58. The van der Waals surface area contributed by atoms with E-state index in [1.165, 1.54) is 12.1 Å². The predicted octanol–water partition coefficient (Wildman–Crippen LogP) is 3.25. The van der Waals surface area contributed by atoms with Gasteiger partial charge in [-0.3, -0.25) is 4.79 Å². The molecule has 1 amide bonds. The van der Waals surface area contributed by atoms with Gasteiger partial charge in [-0.05, 0) is 30.7 Å². The first kappa shape index (κ1) is 13.9. The van der Waals surface area contributed by atoms with Crippen molar-refractivity contribution in [3.05, 3.63) is 58.9 Å². The molecule has 2 aromatic rings. The maximum Gasteiger partial charge on any atom is 0.255 e. The summed E-state index contributed by atoms with van der Waals surface area (Å²) in [6.07, 6.45) is 0. The number of anilines is 2. The van der Waals surface area contributed by atoms with Crippen LogP contribution in [0.2, 0.25) is 0 Å². The van der Waals surface area contributed by atoms with Crippen LogP contribution in [0.5, 0.6) is 0 Å². The summed E-state index contributed by atoms with van der Waals surface area (Å²) < 4.78 is 38.9. The van der Waals surface area contributed by atoms with E-state index in [0.29, 0.717) is 28.9 Å². The predicted molar refractivity (Wildman–Crippen MR) is 69.9 cm³/mol. The van der Waals surface area contributed by atoms with E-state index in [1.807, 2.05) is 0 Å². The summed E-state index contributed by atoms with van der Waals surface area (Å²) in [5, 5.41) is 2.30. The van der Waals surface area contributed by atoms with Crippen molar-refractivity contribution in [2.75, 3.05) is 11.1 Å². The van der Waals surface area contributed by atoms with Crippen molar-refractivity contribution in [3.8, 4) is 0 Å². The second-order valence-corrected chi connectivity index (χ2v) is 4.28. The first-order valence-corrected chi connectivity index (χ1v) is 5.70. The number of rotatable bonds is 2. The van der Waals surface area contributed by atoms with E-state index in [-0.39, 0.29) is 5.69 Å². The van der Waals surface area contributed by atoms with Gasteiger partial charge in [-0.2, -0.15) is 0 Å². The van der Waals surface area contributed by atoms with Crippen LogP contribution in [0.15, 0.2) is 30.3 Å². The summed E-state index contributed by atoms with van der Waals surface area (Å²) in [5.41, 5.74) is 6.82. The third kappa shape index (κ3) is 2.74. The fourth-order valence-electron chi connectivity index (χ4n) is 1.77. The molecule has 0 aliphatic heterocycles. The van der Waals surface area contributed by atoms with Gasteiger partial charge in [-0.25, -0.2) is 13.2 Å². The smallest absolute Gasteiger partial charge is 0.255 e. The van der Waals surface area contributed by atoms with Crippen LogP contribution >= 0.6 is 0 Å². The zero-order valence-electron chi connectivity index (χ0n) is 10.5. The van der Waals surface area contributed by atoms with Crippen LogP contribution in [0.4, 0.5) is 24.5 Å². The van der Waals surface area contributed by atoms with E-state index in [1.54, 1.807) is 13.0 Å². The Bertz CT molecular complexity index is 663. The van der Waals surface area contributed by atoms with Crippen molar-refractivity contribution in [3.63, 3.8) is 0 Å². The number of amides is 1. The maximum atomic E-state index is 13.0. The van der Waals surface area contributed by atoms with E-state index in [2.05, 4.69) is 5.32 Å². The van der Waals surface area contributed by atoms with Crippen LogP contribution in [0, 0.1) is 24.4 Å². The monoisotopic (exact) mass is 280 g/mol. The van der Waals surface area contributed by atoms with Gasteiger partial charge in [0.15, 0.2) is 17.5 Å². The van der Waals surface area contributed by atoms with Gasteiger partial charge in [0.2, 0.25) is 0 Å². The Morgan fingerprint density at radius 1 is 1.10 bits per heavy atom. The SMILES string of the molecule is Cc1cc(N)ccc1C(=O)Nc1cc(F)c(F)c(F)c1. The first-order chi connectivity index (χ1) is 9.38. The Kier molecular flexibility index (Phi) is 3.65. The number of nitrogen functional groups attached to an aromatic ring is 1. The molecule has 0 bridgehead atoms. The van der Waals surface area contributed by atoms with Crippen molar-refractivity contribution >= 4 is 17.3 Å². The van der Waals surface area contributed by atoms with Gasteiger partial charge >= 0.3 is 0 Å². The van der Waals surface area contributed by atoms with Crippen molar-refractivity contribution < 1.29 is 18.0 Å².